The maximum absolute atomic E-state index is 11.7. The van der Waals surface area contributed by atoms with Gasteiger partial charge in [-0.1, -0.05) is 12.1 Å². The predicted octanol–water partition coefficient (Wildman–Crippen LogP) is 3.06. The third-order valence-electron chi connectivity index (χ3n) is 2.34. The number of carbonyl (C=O) groups excluding carboxylic acids is 1. The molecule has 110 valence electrons. The van der Waals surface area contributed by atoms with Gasteiger partial charge in [0.15, 0.2) is 6.04 Å². The number of benzene rings is 1. The van der Waals surface area contributed by atoms with E-state index in [1.54, 1.807) is 39.0 Å². The molecular formula is C14H19NO4S. The second-order valence-corrected chi connectivity index (χ2v) is 6.07. The minimum Gasteiger partial charge on any atom is -0.479 e. The van der Waals surface area contributed by atoms with Crippen molar-refractivity contribution in [2.75, 3.05) is 6.26 Å². The van der Waals surface area contributed by atoms with Crippen molar-refractivity contribution in [1.29, 1.82) is 0 Å². The topological polar surface area (TPSA) is 75.6 Å². The van der Waals surface area contributed by atoms with E-state index >= 15 is 0 Å². The number of aliphatic carboxylic acids is 1. The molecule has 1 atom stereocenters. The number of carboxylic acid groups (broad SMARTS) is 1. The summed E-state index contributed by atoms with van der Waals surface area (Å²) in [4.78, 5) is 24.0. The molecule has 1 aromatic rings. The zero-order valence-corrected chi connectivity index (χ0v) is 12.8. The molecule has 0 saturated heterocycles. The lowest BCUT2D eigenvalue weighted by molar-refractivity contribution is -0.139. The Labute approximate surface area is 122 Å². The van der Waals surface area contributed by atoms with Crippen molar-refractivity contribution in [2.24, 2.45) is 0 Å². The molecule has 1 unspecified atom stereocenters. The predicted molar refractivity (Wildman–Crippen MR) is 78.0 cm³/mol. The van der Waals surface area contributed by atoms with Crippen LogP contribution < -0.4 is 5.32 Å². The smallest absolute Gasteiger partial charge is 0.408 e. The van der Waals surface area contributed by atoms with Crippen LogP contribution in [0.3, 0.4) is 0 Å². The number of alkyl carbamates (subject to hydrolysis) is 1. The first-order chi connectivity index (χ1) is 9.23. The van der Waals surface area contributed by atoms with Gasteiger partial charge in [-0.15, -0.1) is 11.8 Å². The molecule has 0 radical (unpaired) electrons. The Morgan fingerprint density at radius 1 is 1.35 bits per heavy atom. The number of carbonyl (C=O) groups is 2. The number of amides is 1. The van der Waals surface area contributed by atoms with E-state index in [0.29, 0.717) is 5.56 Å². The third-order valence-corrected chi connectivity index (χ3v) is 3.06. The SMILES string of the molecule is CSc1cccc(C(NC(=O)OC(C)(C)C)C(=O)O)c1. The summed E-state index contributed by atoms with van der Waals surface area (Å²) >= 11 is 1.50. The summed E-state index contributed by atoms with van der Waals surface area (Å²) in [6.45, 7) is 5.16. The number of carboxylic acids is 1. The van der Waals surface area contributed by atoms with Crippen LogP contribution in [0.25, 0.3) is 0 Å². The number of thioether (sulfide) groups is 1. The summed E-state index contributed by atoms with van der Waals surface area (Å²) in [7, 11) is 0. The minimum atomic E-state index is -1.13. The second-order valence-electron chi connectivity index (χ2n) is 5.19. The van der Waals surface area contributed by atoms with Crippen molar-refractivity contribution in [2.45, 2.75) is 37.3 Å². The molecule has 0 aromatic heterocycles. The van der Waals surface area contributed by atoms with Gasteiger partial charge in [0.05, 0.1) is 0 Å². The summed E-state index contributed by atoms with van der Waals surface area (Å²) in [6.07, 6.45) is 1.15. The molecule has 6 heteroatoms. The highest BCUT2D eigenvalue weighted by atomic mass is 32.2. The fraction of sp³-hybridized carbons (Fsp3) is 0.429. The van der Waals surface area contributed by atoms with Crippen molar-refractivity contribution < 1.29 is 19.4 Å². The van der Waals surface area contributed by atoms with Gasteiger partial charge in [0.25, 0.3) is 0 Å². The van der Waals surface area contributed by atoms with E-state index in [0.717, 1.165) is 4.90 Å². The highest BCUT2D eigenvalue weighted by Gasteiger charge is 2.25. The molecule has 1 amide bonds. The largest absolute Gasteiger partial charge is 0.479 e. The zero-order valence-electron chi connectivity index (χ0n) is 12.0. The van der Waals surface area contributed by atoms with Crippen molar-refractivity contribution in [1.82, 2.24) is 5.32 Å². The zero-order chi connectivity index (χ0) is 15.3. The van der Waals surface area contributed by atoms with Crippen LogP contribution >= 0.6 is 11.8 Å². The van der Waals surface area contributed by atoms with Gasteiger partial charge < -0.3 is 15.2 Å². The summed E-state index contributed by atoms with van der Waals surface area (Å²) in [6, 6.07) is 5.91. The Morgan fingerprint density at radius 3 is 2.50 bits per heavy atom. The van der Waals surface area contributed by atoms with Gasteiger partial charge in [0, 0.05) is 4.90 Å². The van der Waals surface area contributed by atoms with E-state index in [1.807, 2.05) is 12.3 Å². The van der Waals surface area contributed by atoms with Gasteiger partial charge in [-0.05, 0) is 44.7 Å². The number of ether oxygens (including phenoxy) is 1. The van der Waals surface area contributed by atoms with E-state index < -0.39 is 23.7 Å². The van der Waals surface area contributed by atoms with Crippen molar-refractivity contribution in [3.63, 3.8) is 0 Å². The van der Waals surface area contributed by atoms with Crippen LogP contribution in [-0.4, -0.2) is 29.0 Å². The molecule has 2 N–H and O–H groups in total. The molecule has 0 fully saturated rings. The third kappa shape index (κ3) is 5.13. The molecule has 0 bridgehead atoms. The lowest BCUT2D eigenvalue weighted by Gasteiger charge is -2.22. The fourth-order valence-corrected chi connectivity index (χ4v) is 2.00. The normalized spacial score (nSPS) is 12.6. The Hall–Kier alpha value is -1.69. The van der Waals surface area contributed by atoms with E-state index in [2.05, 4.69) is 5.32 Å². The van der Waals surface area contributed by atoms with Crippen LogP contribution in [0.4, 0.5) is 4.79 Å². The van der Waals surface area contributed by atoms with Gasteiger partial charge in [0.2, 0.25) is 0 Å². The fourth-order valence-electron chi connectivity index (χ4n) is 1.53. The first-order valence-electron chi connectivity index (χ1n) is 6.09. The second kappa shape index (κ2) is 6.65. The monoisotopic (exact) mass is 297 g/mol. The number of hydrogen-bond acceptors (Lipinski definition) is 4. The van der Waals surface area contributed by atoms with Crippen molar-refractivity contribution >= 4 is 23.8 Å². The molecule has 0 spiro atoms. The first-order valence-corrected chi connectivity index (χ1v) is 7.31. The Balaban J connectivity index is 2.89. The van der Waals surface area contributed by atoms with Crippen molar-refractivity contribution in [3.05, 3.63) is 29.8 Å². The Kier molecular flexibility index (Phi) is 5.44. The van der Waals surface area contributed by atoms with Crippen LogP contribution in [0.15, 0.2) is 29.2 Å². The van der Waals surface area contributed by atoms with E-state index in [4.69, 9.17) is 4.74 Å². The lowest BCUT2D eigenvalue weighted by atomic mass is 10.1. The van der Waals surface area contributed by atoms with Crippen LogP contribution in [0.5, 0.6) is 0 Å². The van der Waals surface area contributed by atoms with Gasteiger partial charge in [0.1, 0.15) is 5.60 Å². The number of hydrogen-bond donors (Lipinski definition) is 2. The molecule has 0 heterocycles. The summed E-state index contributed by atoms with van der Waals surface area (Å²) in [5, 5.41) is 11.6. The minimum absolute atomic E-state index is 0.509. The summed E-state index contributed by atoms with van der Waals surface area (Å²) in [5.74, 6) is -1.13. The number of rotatable bonds is 4. The molecule has 0 aliphatic rings. The molecule has 1 rings (SSSR count). The van der Waals surface area contributed by atoms with Gasteiger partial charge in [-0.2, -0.15) is 0 Å². The van der Waals surface area contributed by atoms with E-state index in [-0.39, 0.29) is 0 Å². The van der Waals surface area contributed by atoms with E-state index in [9.17, 15) is 14.7 Å². The van der Waals surface area contributed by atoms with Crippen molar-refractivity contribution in [3.8, 4) is 0 Å². The van der Waals surface area contributed by atoms with Crippen LogP contribution in [0.1, 0.15) is 32.4 Å². The average molecular weight is 297 g/mol. The molecule has 0 aliphatic carbocycles. The lowest BCUT2D eigenvalue weighted by Crippen LogP contribution is -2.38. The Bertz CT molecular complexity index is 496. The maximum atomic E-state index is 11.7. The van der Waals surface area contributed by atoms with Crippen LogP contribution in [0, 0.1) is 0 Å². The summed E-state index contributed by atoms with van der Waals surface area (Å²) < 4.78 is 5.08. The van der Waals surface area contributed by atoms with Gasteiger partial charge >= 0.3 is 12.1 Å². The van der Waals surface area contributed by atoms with E-state index in [1.165, 1.54) is 11.8 Å². The quantitative estimate of drug-likeness (QED) is 0.835. The summed E-state index contributed by atoms with van der Waals surface area (Å²) in [5.41, 5.74) is -0.163. The molecule has 20 heavy (non-hydrogen) atoms. The maximum Gasteiger partial charge on any atom is 0.408 e. The highest BCUT2D eigenvalue weighted by molar-refractivity contribution is 7.98. The number of nitrogens with one attached hydrogen (secondary N) is 1. The average Bonchev–Trinajstić information content (AvgIpc) is 2.33. The molecule has 5 nitrogen and oxygen atoms in total. The first kappa shape index (κ1) is 16.4. The highest BCUT2D eigenvalue weighted by Crippen LogP contribution is 2.21. The molecule has 0 saturated carbocycles. The Morgan fingerprint density at radius 2 is 2.00 bits per heavy atom. The molecule has 1 aromatic carbocycles. The van der Waals surface area contributed by atoms with Gasteiger partial charge in [-0.3, -0.25) is 0 Å². The van der Waals surface area contributed by atoms with Gasteiger partial charge in [-0.25, -0.2) is 9.59 Å². The molecular weight excluding hydrogens is 278 g/mol. The van der Waals surface area contributed by atoms with Crippen LogP contribution in [-0.2, 0) is 9.53 Å². The standard InChI is InChI=1S/C14H19NO4S/c1-14(2,3)19-13(18)15-11(12(16)17)9-6-5-7-10(8-9)20-4/h5-8,11H,1-4H3,(H,15,18)(H,16,17). The molecule has 0 aliphatic heterocycles. The van der Waals surface area contributed by atoms with Crippen LogP contribution in [0.2, 0.25) is 0 Å².